The summed E-state index contributed by atoms with van der Waals surface area (Å²) >= 11 is 1.57. The van der Waals surface area contributed by atoms with Crippen molar-refractivity contribution in [2.24, 2.45) is 5.92 Å². The van der Waals surface area contributed by atoms with Crippen molar-refractivity contribution in [2.45, 2.75) is 24.7 Å². The van der Waals surface area contributed by atoms with Crippen molar-refractivity contribution in [1.82, 2.24) is 4.31 Å². The molecule has 1 saturated heterocycles. The number of nitrogens with one attached hydrogen (secondary N) is 1. The molecule has 1 fully saturated rings. The van der Waals surface area contributed by atoms with Gasteiger partial charge >= 0.3 is 0 Å². The van der Waals surface area contributed by atoms with Crippen LogP contribution < -0.4 is 5.32 Å². The molecule has 0 aliphatic carbocycles. The number of benzene rings is 1. The molecule has 1 aliphatic rings. The minimum Gasteiger partial charge on any atom is -0.325 e. The van der Waals surface area contributed by atoms with E-state index in [1.54, 1.807) is 18.7 Å². The number of carbonyl (C=O) groups excluding carboxylic acids is 1. The average molecular weight is 342 g/mol. The minimum atomic E-state index is -3.22. The van der Waals surface area contributed by atoms with Crippen LogP contribution >= 0.6 is 11.8 Å². The third-order valence-corrected chi connectivity index (χ3v) is 6.52. The standard InChI is InChI=1S/C15H22N2O3S2/c1-3-22(19,20)17-10-6-7-12(11-17)15(18)16-13-8-4-5-9-14(13)21-2/h4-5,8-9,12H,3,6-7,10-11H2,1-2H3,(H,16,18)/t12-/m1/s1. The van der Waals surface area contributed by atoms with Crippen molar-refractivity contribution in [1.29, 1.82) is 0 Å². The number of para-hydroxylation sites is 1. The van der Waals surface area contributed by atoms with Crippen LogP contribution in [0.1, 0.15) is 19.8 Å². The van der Waals surface area contributed by atoms with Crippen LogP contribution in [0.3, 0.4) is 0 Å². The zero-order valence-corrected chi connectivity index (χ0v) is 14.5. The predicted octanol–water partition coefficient (Wildman–Crippen LogP) is 2.41. The molecule has 1 atom stereocenters. The molecular formula is C15H22N2O3S2. The Morgan fingerprint density at radius 1 is 1.41 bits per heavy atom. The van der Waals surface area contributed by atoms with E-state index in [-0.39, 0.29) is 24.1 Å². The van der Waals surface area contributed by atoms with Gasteiger partial charge in [0.15, 0.2) is 0 Å². The Morgan fingerprint density at radius 3 is 2.82 bits per heavy atom. The molecule has 7 heteroatoms. The number of sulfonamides is 1. The van der Waals surface area contributed by atoms with Gasteiger partial charge in [0.1, 0.15) is 0 Å². The Hall–Kier alpha value is -1.05. The average Bonchev–Trinajstić information content (AvgIpc) is 2.55. The van der Waals surface area contributed by atoms with Gasteiger partial charge in [0.05, 0.1) is 17.4 Å². The van der Waals surface area contributed by atoms with E-state index in [2.05, 4.69) is 5.32 Å². The normalized spacial score (nSPS) is 19.8. The van der Waals surface area contributed by atoms with Crippen molar-refractivity contribution in [2.75, 3.05) is 30.4 Å². The fourth-order valence-electron chi connectivity index (χ4n) is 2.57. The second-order valence-electron chi connectivity index (χ2n) is 5.29. The van der Waals surface area contributed by atoms with Crippen LogP contribution in [-0.4, -0.2) is 43.7 Å². The first-order chi connectivity index (χ1) is 10.5. The summed E-state index contributed by atoms with van der Waals surface area (Å²) in [5, 5.41) is 2.94. The largest absolute Gasteiger partial charge is 0.325 e. The third kappa shape index (κ3) is 4.02. The fourth-order valence-corrected chi connectivity index (χ4v) is 4.31. The van der Waals surface area contributed by atoms with Crippen LogP contribution in [0.2, 0.25) is 0 Å². The number of nitrogens with zero attached hydrogens (tertiary/aromatic N) is 1. The Bertz CT molecular complexity index is 631. The summed E-state index contributed by atoms with van der Waals surface area (Å²) < 4.78 is 25.4. The van der Waals surface area contributed by atoms with Gasteiger partial charge in [-0.25, -0.2) is 12.7 Å². The molecule has 1 amide bonds. The highest BCUT2D eigenvalue weighted by Crippen LogP contribution is 2.26. The van der Waals surface area contributed by atoms with Crippen LogP contribution in [0.25, 0.3) is 0 Å². The summed E-state index contributed by atoms with van der Waals surface area (Å²) in [4.78, 5) is 13.5. The Morgan fingerprint density at radius 2 is 2.14 bits per heavy atom. The maximum atomic E-state index is 12.5. The van der Waals surface area contributed by atoms with Gasteiger partial charge in [-0.05, 0) is 38.2 Å². The third-order valence-electron chi connectivity index (χ3n) is 3.88. The van der Waals surface area contributed by atoms with Crippen molar-refractivity contribution in [3.8, 4) is 0 Å². The van der Waals surface area contributed by atoms with E-state index in [0.29, 0.717) is 6.54 Å². The van der Waals surface area contributed by atoms with Crippen molar-refractivity contribution < 1.29 is 13.2 Å². The molecule has 0 saturated carbocycles. The van der Waals surface area contributed by atoms with Crippen LogP contribution in [0.15, 0.2) is 29.2 Å². The number of thioether (sulfide) groups is 1. The summed E-state index contributed by atoms with van der Waals surface area (Å²) in [6.45, 7) is 2.43. The molecule has 1 N–H and O–H groups in total. The maximum Gasteiger partial charge on any atom is 0.228 e. The van der Waals surface area contributed by atoms with E-state index in [0.717, 1.165) is 23.4 Å². The lowest BCUT2D eigenvalue weighted by molar-refractivity contribution is -0.120. The summed E-state index contributed by atoms with van der Waals surface area (Å²) in [7, 11) is -3.22. The van der Waals surface area contributed by atoms with Gasteiger partial charge in [0.25, 0.3) is 0 Å². The topological polar surface area (TPSA) is 66.5 Å². The highest BCUT2D eigenvalue weighted by atomic mass is 32.2. The van der Waals surface area contributed by atoms with Crippen molar-refractivity contribution in [3.63, 3.8) is 0 Å². The lowest BCUT2D eigenvalue weighted by atomic mass is 9.99. The van der Waals surface area contributed by atoms with Crippen molar-refractivity contribution >= 4 is 33.4 Å². The Balaban J connectivity index is 2.06. The number of anilines is 1. The molecule has 0 spiro atoms. The van der Waals surface area contributed by atoms with E-state index >= 15 is 0 Å². The smallest absolute Gasteiger partial charge is 0.228 e. The highest BCUT2D eigenvalue weighted by molar-refractivity contribution is 7.98. The first-order valence-corrected chi connectivity index (χ1v) is 10.2. The fraction of sp³-hybridized carbons (Fsp3) is 0.533. The number of amides is 1. The van der Waals surface area contributed by atoms with E-state index in [9.17, 15) is 13.2 Å². The molecule has 1 aromatic carbocycles. The van der Waals surface area contributed by atoms with Gasteiger partial charge in [-0.15, -0.1) is 11.8 Å². The number of hydrogen-bond donors (Lipinski definition) is 1. The van der Waals surface area contributed by atoms with Gasteiger partial charge in [0, 0.05) is 18.0 Å². The Labute approximate surface area is 136 Å². The second kappa shape index (κ2) is 7.48. The van der Waals surface area contributed by atoms with Gasteiger partial charge in [-0.1, -0.05) is 12.1 Å². The molecule has 5 nitrogen and oxygen atoms in total. The molecule has 122 valence electrons. The van der Waals surface area contributed by atoms with E-state index in [1.807, 2.05) is 30.5 Å². The van der Waals surface area contributed by atoms with Gasteiger partial charge in [-0.2, -0.15) is 0 Å². The summed E-state index contributed by atoms with van der Waals surface area (Å²) in [5.41, 5.74) is 0.787. The molecule has 22 heavy (non-hydrogen) atoms. The maximum absolute atomic E-state index is 12.5. The lowest BCUT2D eigenvalue weighted by Gasteiger charge is -2.31. The monoisotopic (exact) mass is 342 g/mol. The van der Waals surface area contributed by atoms with Crippen LogP contribution in [0, 0.1) is 5.92 Å². The quantitative estimate of drug-likeness (QED) is 0.835. The minimum absolute atomic E-state index is 0.0800. The first-order valence-electron chi connectivity index (χ1n) is 7.39. The van der Waals surface area contributed by atoms with E-state index in [1.165, 1.54) is 4.31 Å². The van der Waals surface area contributed by atoms with Gasteiger partial charge in [-0.3, -0.25) is 4.79 Å². The molecule has 2 rings (SSSR count). The number of hydrogen-bond acceptors (Lipinski definition) is 4. The Kier molecular flexibility index (Phi) is 5.88. The zero-order valence-electron chi connectivity index (χ0n) is 12.9. The molecule has 1 aliphatic heterocycles. The van der Waals surface area contributed by atoms with Crippen LogP contribution in [-0.2, 0) is 14.8 Å². The predicted molar refractivity (Wildman–Crippen MR) is 90.6 cm³/mol. The highest BCUT2D eigenvalue weighted by Gasteiger charge is 2.31. The first kappa shape index (κ1) is 17.3. The van der Waals surface area contributed by atoms with E-state index < -0.39 is 10.0 Å². The molecule has 0 radical (unpaired) electrons. The van der Waals surface area contributed by atoms with E-state index in [4.69, 9.17) is 0 Å². The van der Waals surface area contributed by atoms with Crippen LogP contribution in [0.5, 0.6) is 0 Å². The molecule has 0 bridgehead atoms. The molecule has 0 unspecified atom stereocenters. The lowest BCUT2D eigenvalue weighted by Crippen LogP contribution is -2.44. The second-order valence-corrected chi connectivity index (χ2v) is 8.39. The number of rotatable bonds is 5. The number of carbonyl (C=O) groups is 1. The molecule has 1 heterocycles. The summed E-state index contributed by atoms with van der Waals surface area (Å²) in [6, 6.07) is 7.63. The summed E-state index contributed by atoms with van der Waals surface area (Å²) in [5.74, 6) is -0.307. The van der Waals surface area contributed by atoms with Crippen LogP contribution in [0.4, 0.5) is 5.69 Å². The SMILES string of the molecule is CCS(=O)(=O)N1CCC[C@@H](C(=O)Nc2ccccc2SC)C1. The molecule has 0 aromatic heterocycles. The summed E-state index contributed by atoms with van der Waals surface area (Å²) in [6.07, 6.45) is 3.41. The zero-order chi connectivity index (χ0) is 16.2. The van der Waals surface area contributed by atoms with Crippen molar-refractivity contribution in [3.05, 3.63) is 24.3 Å². The molecule has 1 aromatic rings. The van der Waals surface area contributed by atoms with Gasteiger partial charge < -0.3 is 5.32 Å². The van der Waals surface area contributed by atoms with Gasteiger partial charge in [0.2, 0.25) is 15.9 Å². The molecular weight excluding hydrogens is 320 g/mol. The number of piperidine rings is 1.